The maximum atomic E-state index is 10.7. The molecule has 0 aromatic carbocycles. The van der Waals surface area contributed by atoms with Gasteiger partial charge in [-0.3, -0.25) is 0 Å². The van der Waals surface area contributed by atoms with Gasteiger partial charge in [-0.15, -0.1) is 0 Å². The smallest absolute Gasteiger partial charge is 0.343 e. The van der Waals surface area contributed by atoms with Crippen molar-refractivity contribution in [2.45, 2.75) is 11.7 Å². The quantitative estimate of drug-likeness (QED) is 0.661. The number of epoxide rings is 1. The minimum absolute atomic E-state index is 0.0226. The van der Waals surface area contributed by atoms with E-state index in [9.17, 15) is 4.79 Å². The van der Waals surface area contributed by atoms with Crippen LogP contribution in [0.3, 0.4) is 0 Å². The SMILES string of the molecule is O=C(O)C12C=CC(O)=C(Br)C1O2. The number of aliphatic hydroxyl groups is 1. The molecule has 1 fully saturated rings. The first-order valence-corrected chi connectivity index (χ1v) is 4.06. The van der Waals surface area contributed by atoms with E-state index in [-0.39, 0.29) is 5.76 Å². The van der Waals surface area contributed by atoms with Crippen molar-refractivity contribution in [1.82, 2.24) is 0 Å². The van der Waals surface area contributed by atoms with Gasteiger partial charge in [-0.1, -0.05) is 0 Å². The number of aliphatic carboxylic acids is 1. The Labute approximate surface area is 76.3 Å². The van der Waals surface area contributed by atoms with Gasteiger partial charge < -0.3 is 14.9 Å². The normalized spacial score (nSPS) is 37.9. The lowest BCUT2D eigenvalue weighted by Gasteiger charge is -2.06. The fourth-order valence-electron chi connectivity index (χ4n) is 1.18. The molecule has 4 nitrogen and oxygen atoms in total. The first-order valence-electron chi connectivity index (χ1n) is 3.27. The number of rotatable bonds is 1. The minimum Gasteiger partial charge on any atom is -0.507 e. The van der Waals surface area contributed by atoms with Gasteiger partial charge in [0.1, 0.15) is 11.9 Å². The number of carboxylic acids is 1. The van der Waals surface area contributed by atoms with E-state index in [1.165, 1.54) is 12.2 Å². The lowest BCUT2D eigenvalue weighted by Crippen LogP contribution is -2.26. The van der Waals surface area contributed by atoms with E-state index in [1.54, 1.807) is 0 Å². The van der Waals surface area contributed by atoms with Crippen LogP contribution in [-0.2, 0) is 9.53 Å². The van der Waals surface area contributed by atoms with Gasteiger partial charge in [0.25, 0.3) is 0 Å². The summed E-state index contributed by atoms with van der Waals surface area (Å²) in [6, 6.07) is 0. The third-order valence-electron chi connectivity index (χ3n) is 1.94. The van der Waals surface area contributed by atoms with Gasteiger partial charge in [0.15, 0.2) is 0 Å². The largest absolute Gasteiger partial charge is 0.507 e. The molecular weight excluding hydrogens is 228 g/mol. The zero-order chi connectivity index (χ0) is 8.93. The summed E-state index contributed by atoms with van der Waals surface area (Å²) in [4.78, 5) is 10.7. The van der Waals surface area contributed by atoms with E-state index >= 15 is 0 Å². The molecule has 64 valence electrons. The average Bonchev–Trinajstić information content (AvgIpc) is 2.74. The predicted molar refractivity (Wildman–Crippen MR) is 43.0 cm³/mol. The zero-order valence-corrected chi connectivity index (χ0v) is 7.41. The third-order valence-corrected chi connectivity index (χ3v) is 2.77. The molecule has 0 aromatic rings. The van der Waals surface area contributed by atoms with Crippen LogP contribution < -0.4 is 0 Å². The summed E-state index contributed by atoms with van der Waals surface area (Å²) in [5.41, 5.74) is -1.23. The number of aliphatic hydroxyl groups excluding tert-OH is 1. The number of carbonyl (C=O) groups is 1. The van der Waals surface area contributed by atoms with Gasteiger partial charge in [-0.25, -0.2) is 4.79 Å². The highest BCUT2D eigenvalue weighted by atomic mass is 79.9. The van der Waals surface area contributed by atoms with E-state index < -0.39 is 17.7 Å². The van der Waals surface area contributed by atoms with Crippen LogP contribution in [0.4, 0.5) is 0 Å². The Bertz CT molecular complexity index is 319. The number of carboxylic acid groups (broad SMARTS) is 1. The van der Waals surface area contributed by atoms with Crippen LogP contribution in [0.1, 0.15) is 0 Å². The number of fused-ring (bicyclic) bond motifs is 1. The number of hydrogen-bond donors (Lipinski definition) is 2. The molecule has 0 amide bonds. The third kappa shape index (κ3) is 0.776. The monoisotopic (exact) mass is 232 g/mol. The molecule has 5 heteroatoms. The number of hydrogen-bond acceptors (Lipinski definition) is 3. The van der Waals surface area contributed by atoms with Crippen LogP contribution in [-0.4, -0.2) is 27.9 Å². The minimum atomic E-state index is -1.23. The maximum Gasteiger partial charge on any atom is 0.343 e. The Hall–Kier alpha value is -0.810. The molecule has 1 aliphatic heterocycles. The highest BCUT2D eigenvalue weighted by molar-refractivity contribution is 9.11. The lowest BCUT2D eigenvalue weighted by molar-refractivity contribution is -0.141. The van der Waals surface area contributed by atoms with Crippen molar-refractivity contribution >= 4 is 21.9 Å². The topological polar surface area (TPSA) is 70.1 Å². The Balaban J connectivity index is 2.37. The summed E-state index contributed by atoms with van der Waals surface area (Å²) in [5.74, 6) is -1.01. The first kappa shape index (κ1) is 7.82. The Morgan fingerprint density at radius 2 is 2.42 bits per heavy atom. The molecule has 0 bridgehead atoms. The fraction of sp³-hybridized carbons (Fsp3) is 0.286. The zero-order valence-electron chi connectivity index (χ0n) is 5.82. The molecule has 0 saturated carbocycles. The highest BCUT2D eigenvalue weighted by Gasteiger charge is 2.64. The molecule has 2 unspecified atom stereocenters. The van der Waals surface area contributed by atoms with E-state index in [0.29, 0.717) is 4.48 Å². The summed E-state index contributed by atoms with van der Waals surface area (Å²) in [6.07, 6.45) is 2.11. The Morgan fingerprint density at radius 3 is 3.00 bits per heavy atom. The van der Waals surface area contributed by atoms with Crippen LogP contribution in [0.25, 0.3) is 0 Å². The molecule has 2 N–H and O–H groups in total. The van der Waals surface area contributed by atoms with Crippen LogP contribution in [0.2, 0.25) is 0 Å². The van der Waals surface area contributed by atoms with E-state index in [2.05, 4.69) is 15.9 Å². The van der Waals surface area contributed by atoms with Gasteiger partial charge in [-0.05, 0) is 28.1 Å². The van der Waals surface area contributed by atoms with E-state index in [1.807, 2.05) is 0 Å². The summed E-state index contributed by atoms with van der Waals surface area (Å²) < 4.78 is 5.35. The predicted octanol–water partition coefficient (Wildman–Crippen LogP) is 0.943. The first-order chi connectivity index (χ1) is 5.58. The molecule has 2 atom stereocenters. The second-order valence-corrected chi connectivity index (χ2v) is 3.52. The van der Waals surface area contributed by atoms with Crippen LogP contribution in [0, 0.1) is 0 Å². The summed E-state index contributed by atoms with van der Waals surface area (Å²) in [7, 11) is 0. The molecule has 1 saturated heterocycles. The van der Waals surface area contributed by atoms with Crippen molar-refractivity contribution in [1.29, 1.82) is 0 Å². The molecule has 2 rings (SSSR count). The Morgan fingerprint density at radius 1 is 1.75 bits per heavy atom. The maximum absolute atomic E-state index is 10.7. The van der Waals surface area contributed by atoms with Crippen molar-refractivity contribution in [2.24, 2.45) is 0 Å². The second kappa shape index (κ2) is 2.11. The van der Waals surface area contributed by atoms with Gasteiger partial charge in [-0.2, -0.15) is 0 Å². The molecule has 1 heterocycles. The highest BCUT2D eigenvalue weighted by Crippen LogP contribution is 2.48. The van der Waals surface area contributed by atoms with Crippen molar-refractivity contribution < 1.29 is 19.7 Å². The van der Waals surface area contributed by atoms with Crippen molar-refractivity contribution in [3.8, 4) is 0 Å². The Kier molecular flexibility index (Phi) is 1.38. The number of ether oxygens (including phenoxy) is 1. The molecule has 12 heavy (non-hydrogen) atoms. The van der Waals surface area contributed by atoms with Crippen molar-refractivity contribution in [3.63, 3.8) is 0 Å². The molecular formula is C7H5BrO4. The second-order valence-electron chi connectivity index (χ2n) is 2.66. The van der Waals surface area contributed by atoms with Crippen molar-refractivity contribution in [2.75, 3.05) is 0 Å². The molecule has 0 aromatic heterocycles. The van der Waals surface area contributed by atoms with Gasteiger partial charge in [0.05, 0.1) is 4.48 Å². The summed E-state index contributed by atoms with van der Waals surface area (Å²) in [5, 5.41) is 17.9. The summed E-state index contributed by atoms with van der Waals surface area (Å²) in [6.45, 7) is 0. The van der Waals surface area contributed by atoms with Gasteiger partial charge in [0.2, 0.25) is 5.60 Å². The number of halogens is 1. The molecule has 1 aliphatic carbocycles. The average molecular weight is 233 g/mol. The standard InChI is InChI=1S/C7H5BrO4/c8-4-3(9)1-2-7(6(10)11)5(4)12-7/h1-2,5,9H,(H,10,11). The van der Waals surface area contributed by atoms with Crippen LogP contribution in [0.15, 0.2) is 22.4 Å². The molecule has 0 spiro atoms. The lowest BCUT2D eigenvalue weighted by atomic mass is 10.0. The van der Waals surface area contributed by atoms with Crippen molar-refractivity contribution in [3.05, 3.63) is 22.4 Å². The fourth-order valence-corrected chi connectivity index (χ4v) is 1.74. The molecule has 2 aliphatic rings. The summed E-state index contributed by atoms with van der Waals surface area (Å²) >= 11 is 3.05. The number of allylic oxidation sites excluding steroid dienone is 1. The van der Waals surface area contributed by atoms with Crippen LogP contribution >= 0.6 is 15.9 Å². The van der Waals surface area contributed by atoms with E-state index in [4.69, 9.17) is 14.9 Å². The van der Waals surface area contributed by atoms with Gasteiger partial charge in [0, 0.05) is 0 Å². The van der Waals surface area contributed by atoms with Crippen LogP contribution in [0.5, 0.6) is 0 Å². The molecule has 0 radical (unpaired) electrons. The van der Waals surface area contributed by atoms with E-state index in [0.717, 1.165) is 0 Å². The van der Waals surface area contributed by atoms with Gasteiger partial charge >= 0.3 is 5.97 Å².